The average molecular weight is 347 g/mol. The Balaban J connectivity index is 1.98. The first-order valence-electron chi connectivity index (χ1n) is 7.95. The van der Waals surface area contributed by atoms with Gasteiger partial charge in [-0.15, -0.1) is 5.10 Å². The summed E-state index contributed by atoms with van der Waals surface area (Å²) in [6, 6.07) is 5.42. The van der Waals surface area contributed by atoms with E-state index in [0.717, 1.165) is 18.4 Å². The Morgan fingerprint density at radius 2 is 2.12 bits per heavy atom. The van der Waals surface area contributed by atoms with E-state index in [1.807, 2.05) is 18.2 Å². The van der Waals surface area contributed by atoms with Crippen molar-refractivity contribution >= 4 is 23.1 Å². The van der Waals surface area contributed by atoms with Crippen molar-refractivity contribution < 1.29 is 9.53 Å². The van der Waals surface area contributed by atoms with Crippen LogP contribution in [0.4, 0.5) is 0 Å². The number of allylic oxidation sites excluding steroid dienone is 1. The molecule has 1 aliphatic carbocycles. The van der Waals surface area contributed by atoms with Gasteiger partial charge >= 0.3 is 5.97 Å². The molecule has 0 atom stereocenters. The number of nitrogens with zero attached hydrogens (tertiary/aromatic N) is 4. The molecule has 0 aliphatic heterocycles. The van der Waals surface area contributed by atoms with Gasteiger partial charge in [0, 0.05) is 0 Å². The van der Waals surface area contributed by atoms with E-state index >= 15 is 0 Å². The lowest BCUT2D eigenvalue weighted by Crippen LogP contribution is -2.07. The molecule has 1 heterocycles. The fraction of sp³-hybridized carbons (Fsp3) is 0.412. The number of halogens is 1. The maximum absolute atomic E-state index is 12.2. The first-order chi connectivity index (χ1) is 11.6. The van der Waals surface area contributed by atoms with Crippen molar-refractivity contribution in [3.8, 4) is 5.69 Å². The van der Waals surface area contributed by atoms with E-state index in [4.69, 9.17) is 16.3 Å². The van der Waals surface area contributed by atoms with Crippen LogP contribution in [0.3, 0.4) is 0 Å². The van der Waals surface area contributed by atoms with Crippen LogP contribution < -0.4 is 0 Å². The number of tetrazole rings is 1. The number of aromatic nitrogens is 4. The van der Waals surface area contributed by atoms with Crippen LogP contribution in [-0.4, -0.2) is 33.3 Å². The molecule has 3 rings (SSSR count). The zero-order valence-corrected chi connectivity index (χ0v) is 14.5. The second-order valence-electron chi connectivity index (χ2n) is 5.92. The molecule has 0 spiro atoms. The summed E-state index contributed by atoms with van der Waals surface area (Å²) in [6.45, 7) is 1.80. The molecule has 0 saturated heterocycles. The van der Waals surface area contributed by atoms with Gasteiger partial charge in [0.05, 0.1) is 23.4 Å². The zero-order valence-electron chi connectivity index (χ0n) is 13.7. The Kier molecular flexibility index (Phi) is 4.94. The van der Waals surface area contributed by atoms with E-state index in [0.29, 0.717) is 28.0 Å². The van der Waals surface area contributed by atoms with E-state index in [9.17, 15) is 4.79 Å². The van der Waals surface area contributed by atoms with Gasteiger partial charge in [-0.25, -0.2) is 4.79 Å². The molecular formula is C17H19ClN4O2. The monoisotopic (exact) mass is 346 g/mol. The smallest absolute Gasteiger partial charge is 0.338 e. The summed E-state index contributed by atoms with van der Waals surface area (Å²) in [5.74, 6) is 0.711. The number of aryl methyl sites for hydroxylation is 1. The first kappa shape index (κ1) is 16.6. The average Bonchev–Trinajstić information content (AvgIpc) is 3.23. The normalized spacial score (nSPS) is 15.7. The molecule has 24 heavy (non-hydrogen) atoms. The predicted octanol–water partition coefficient (Wildman–Crippen LogP) is 3.37. The minimum atomic E-state index is -0.343. The summed E-state index contributed by atoms with van der Waals surface area (Å²) in [7, 11) is 1.39. The molecule has 1 aliphatic rings. The van der Waals surface area contributed by atoms with E-state index in [1.165, 1.54) is 20.0 Å². The number of rotatable bonds is 4. The van der Waals surface area contributed by atoms with Crippen LogP contribution in [0.1, 0.15) is 37.1 Å². The number of hydrogen-bond acceptors (Lipinski definition) is 5. The zero-order chi connectivity index (χ0) is 17.1. The topological polar surface area (TPSA) is 69.9 Å². The van der Waals surface area contributed by atoms with E-state index < -0.39 is 0 Å². The van der Waals surface area contributed by atoms with E-state index in [-0.39, 0.29) is 5.97 Å². The fourth-order valence-electron chi connectivity index (χ4n) is 3.05. The third-order valence-electron chi connectivity index (χ3n) is 4.32. The van der Waals surface area contributed by atoms with E-state index in [2.05, 4.69) is 15.5 Å². The molecule has 1 saturated carbocycles. The minimum absolute atomic E-state index is 0.343. The Morgan fingerprint density at radius 1 is 1.38 bits per heavy atom. The fourth-order valence-corrected chi connectivity index (χ4v) is 3.31. The van der Waals surface area contributed by atoms with Gasteiger partial charge in [-0.1, -0.05) is 36.6 Å². The highest BCUT2D eigenvalue weighted by Gasteiger charge is 2.20. The summed E-state index contributed by atoms with van der Waals surface area (Å²) >= 11 is 6.41. The summed E-state index contributed by atoms with van der Waals surface area (Å²) in [5, 5.41) is 11.9. The molecule has 0 radical (unpaired) electrons. The Hall–Kier alpha value is -2.21. The van der Waals surface area contributed by atoms with Crippen molar-refractivity contribution in [3.63, 3.8) is 0 Å². The van der Waals surface area contributed by atoms with Gasteiger partial charge in [0.2, 0.25) is 0 Å². The van der Waals surface area contributed by atoms with Crippen LogP contribution in [0, 0.1) is 12.8 Å². The molecule has 0 bridgehead atoms. The van der Waals surface area contributed by atoms with Gasteiger partial charge in [-0.3, -0.25) is 0 Å². The molecule has 0 N–H and O–H groups in total. The first-order valence-corrected chi connectivity index (χ1v) is 8.33. The van der Waals surface area contributed by atoms with Crippen LogP contribution in [0.2, 0.25) is 5.02 Å². The van der Waals surface area contributed by atoms with Gasteiger partial charge in [0.1, 0.15) is 0 Å². The predicted molar refractivity (Wildman–Crippen MR) is 90.9 cm³/mol. The van der Waals surface area contributed by atoms with Crippen molar-refractivity contribution in [2.75, 3.05) is 7.11 Å². The molecule has 0 amide bonds. The number of methoxy groups -OCH3 is 1. The molecule has 1 fully saturated rings. The Bertz CT molecular complexity index is 779. The quantitative estimate of drug-likeness (QED) is 0.627. The number of esters is 1. The molecule has 7 heteroatoms. The van der Waals surface area contributed by atoms with Gasteiger partial charge < -0.3 is 4.74 Å². The lowest BCUT2D eigenvalue weighted by atomic mass is 9.98. The SMILES string of the molecule is COC(=O)/C(=C/C1CCCC1)c1ccc(-n2nnnc2C)c(Cl)c1. The minimum Gasteiger partial charge on any atom is -0.465 e. The van der Waals surface area contributed by atoms with E-state index in [1.54, 1.807) is 17.7 Å². The molecule has 6 nitrogen and oxygen atoms in total. The van der Waals surface area contributed by atoms with Crippen molar-refractivity contribution in [2.24, 2.45) is 5.92 Å². The van der Waals surface area contributed by atoms with Crippen LogP contribution in [-0.2, 0) is 9.53 Å². The Morgan fingerprint density at radius 3 is 2.71 bits per heavy atom. The summed E-state index contributed by atoms with van der Waals surface area (Å²) in [6.07, 6.45) is 6.64. The molecule has 1 aromatic heterocycles. The molecule has 0 unspecified atom stereocenters. The van der Waals surface area contributed by atoms with Crippen LogP contribution >= 0.6 is 11.6 Å². The van der Waals surface area contributed by atoms with Gasteiger partial charge in [0.15, 0.2) is 5.82 Å². The summed E-state index contributed by atoms with van der Waals surface area (Å²) < 4.78 is 6.51. The Labute approximate surface area is 145 Å². The van der Waals surface area contributed by atoms with Crippen molar-refractivity contribution in [1.29, 1.82) is 0 Å². The highest BCUT2D eigenvalue weighted by atomic mass is 35.5. The number of hydrogen-bond donors (Lipinski definition) is 0. The maximum Gasteiger partial charge on any atom is 0.338 e. The van der Waals surface area contributed by atoms with Gasteiger partial charge in [0.25, 0.3) is 0 Å². The van der Waals surface area contributed by atoms with Crippen molar-refractivity contribution in [3.05, 3.63) is 40.7 Å². The second kappa shape index (κ2) is 7.13. The van der Waals surface area contributed by atoms with Crippen LogP contribution in [0.25, 0.3) is 11.3 Å². The lowest BCUT2D eigenvalue weighted by molar-refractivity contribution is -0.133. The number of ether oxygens (including phenoxy) is 1. The van der Waals surface area contributed by atoms with Crippen molar-refractivity contribution in [1.82, 2.24) is 20.2 Å². The van der Waals surface area contributed by atoms with Crippen LogP contribution in [0.5, 0.6) is 0 Å². The third kappa shape index (κ3) is 3.33. The van der Waals surface area contributed by atoms with Crippen molar-refractivity contribution in [2.45, 2.75) is 32.6 Å². The highest BCUT2D eigenvalue weighted by Crippen LogP contribution is 2.31. The number of carbonyl (C=O) groups is 1. The third-order valence-corrected chi connectivity index (χ3v) is 4.62. The summed E-state index contributed by atoms with van der Waals surface area (Å²) in [4.78, 5) is 12.2. The molecule has 126 valence electrons. The standard InChI is InChI=1S/C17H19ClN4O2/c1-11-19-20-21-22(11)16-8-7-13(10-15(16)18)14(17(23)24-2)9-12-5-3-4-6-12/h7-10,12H,3-6H2,1-2H3/b14-9+. The number of carbonyl (C=O) groups excluding carboxylic acids is 1. The largest absolute Gasteiger partial charge is 0.465 e. The molecular weight excluding hydrogens is 328 g/mol. The van der Waals surface area contributed by atoms with Crippen LogP contribution in [0.15, 0.2) is 24.3 Å². The van der Waals surface area contributed by atoms with Gasteiger partial charge in [-0.05, 0) is 53.8 Å². The highest BCUT2D eigenvalue weighted by molar-refractivity contribution is 6.33. The second-order valence-corrected chi connectivity index (χ2v) is 6.33. The molecule has 1 aromatic carbocycles. The lowest BCUT2D eigenvalue weighted by Gasteiger charge is -2.11. The van der Waals surface area contributed by atoms with Gasteiger partial charge in [-0.2, -0.15) is 4.68 Å². The molecule has 2 aromatic rings. The maximum atomic E-state index is 12.2. The number of benzene rings is 1. The summed E-state index contributed by atoms with van der Waals surface area (Å²) in [5.41, 5.74) is 1.98.